The van der Waals surface area contributed by atoms with E-state index in [-0.39, 0.29) is 36.3 Å². The van der Waals surface area contributed by atoms with E-state index in [1.807, 2.05) is 16.7 Å². The van der Waals surface area contributed by atoms with Gasteiger partial charge in [0.15, 0.2) is 11.0 Å². The summed E-state index contributed by atoms with van der Waals surface area (Å²) < 4.78 is 13.2. The molecule has 10 heteroatoms. The van der Waals surface area contributed by atoms with Crippen molar-refractivity contribution in [2.24, 2.45) is 5.92 Å². The van der Waals surface area contributed by atoms with Crippen molar-refractivity contribution in [3.8, 4) is 5.75 Å². The first-order valence-corrected chi connectivity index (χ1v) is 15.4. The molecule has 0 fully saturated rings. The highest BCUT2D eigenvalue weighted by atomic mass is 32.2. The van der Waals surface area contributed by atoms with Gasteiger partial charge in [-0.2, -0.15) is 0 Å². The van der Waals surface area contributed by atoms with Crippen LogP contribution in [0.4, 0.5) is 5.00 Å². The maximum Gasteiger partial charge on any atom is 0.341 e. The molecule has 1 unspecified atom stereocenters. The molecular weight excluding hydrogens is 544 g/mol. The van der Waals surface area contributed by atoms with Crippen molar-refractivity contribution in [2.45, 2.75) is 77.6 Å². The van der Waals surface area contributed by atoms with Crippen LogP contribution in [0.1, 0.15) is 73.2 Å². The summed E-state index contributed by atoms with van der Waals surface area (Å²) in [6, 6.07) is 8.06. The SMILES string of the molecule is C=CCn1c(COc2ccc(C(C)(C)C)cc2)nnc1SCC(=O)Nc1sc2c(c1C(=O)OCC)CCC(C)C2. The molecule has 1 amide bonds. The number of hydrogen-bond acceptors (Lipinski definition) is 8. The molecule has 0 spiro atoms. The molecule has 1 aliphatic rings. The predicted octanol–water partition coefficient (Wildman–Crippen LogP) is 6.43. The highest BCUT2D eigenvalue weighted by Gasteiger charge is 2.29. The number of hydrogen-bond donors (Lipinski definition) is 1. The van der Waals surface area contributed by atoms with Gasteiger partial charge in [0.05, 0.1) is 17.9 Å². The summed E-state index contributed by atoms with van der Waals surface area (Å²) in [7, 11) is 0. The van der Waals surface area contributed by atoms with Crippen LogP contribution >= 0.6 is 23.1 Å². The molecule has 0 aliphatic heterocycles. The number of allylic oxidation sites excluding steroid dienone is 1. The van der Waals surface area contributed by atoms with Crippen LogP contribution in [0.5, 0.6) is 5.75 Å². The monoisotopic (exact) mass is 582 g/mol. The molecule has 40 heavy (non-hydrogen) atoms. The number of thioether (sulfide) groups is 1. The number of benzene rings is 1. The zero-order valence-electron chi connectivity index (χ0n) is 23.9. The molecule has 0 bridgehead atoms. The number of nitrogens with zero attached hydrogens (tertiary/aromatic N) is 3. The standard InChI is InChI=1S/C30H38N4O4S2/c1-7-15-34-24(17-38-21-12-10-20(11-13-21)30(4,5)6)32-33-29(34)39-18-25(35)31-27-26(28(36)37-8-2)22-14-9-19(3)16-23(22)40-27/h7,10-13,19H,1,8-9,14-18H2,2-6H3,(H,31,35). The Labute approximate surface area is 244 Å². The van der Waals surface area contributed by atoms with Crippen molar-refractivity contribution in [1.82, 2.24) is 14.8 Å². The van der Waals surface area contributed by atoms with Crippen LogP contribution in [0.3, 0.4) is 0 Å². The Balaban J connectivity index is 1.41. The lowest BCUT2D eigenvalue weighted by atomic mass is 9.87. The second-order valence-corrected chi connectivity index (χ2v) is 13.0. The fraction of sp³-hybridized carbons (Fsp3) is 0.467. The lowest BCUT2D eigenvalue weighted by molar-refractivity contribution is -0.113. The van der Waals surface area contributed by atoms with E-state index in [1.54, 1.807) is 13.0 Å². The smallest absolute Gasteiger partial charge is 0.341 e. The third-order valence-electron chi connectivity index (χ3n) is 6.77. The Bertz CT molecular complexity index is 1360. The van der Waals surface area contributed by atoms with E-state index in [0.29, 0.717) is 34.0 Å². The van der Waals surface area contributed by atoms with E-state index in [4.69, 9.17) is 9.47 Å². The first-order valence-electron chi connectivity index (χ1n) is 13.6. The molecule has 214 valence electrons. The van der Waals surface area contributed by atoms with E-state index < -0.39 is 0 Å². The third kappa shape index (κ3) is 7.14. The van der Waals surface area contributed by atoms with Crippen LogP contribution in [0.15, 0.2) is 42.1 Å². The molecule has 1 atom stereocenters. The molecule has 0 saturated carbocycles. The quantitative estimate of drug-likeness (QED) is 0.158. The minimum absolute atomic E-state index is 0.0723. The Kier molecular flexibility index (Phi) is 9.73. The largest absolute Gasteiger partial charge is 0.486 e. The van der Waals surface area contributed by atoms with Crippen molar-refractivity contribution in [3.05, 3.63) is 64.3 Å². The molecular formula is C30H38N4O4S2. The fourth-order valence-electron chi connectivity index (χ4n) is 4.59. The Morgan fingerprint density at radius 2 is 2.00 bits per heavy atom. The maximum absolute atomic E-state index is 13.0. The summed E-state index contributed by atoms with van der Waals surface area (Å²) in [6.07, 6.45) is 4.51. The predicted molar refractivity (Wildman–Crippen MR) is 161 cm³/mol. The van der Waals surface area contributed by atoms with Crippen LogP contribution in [0, 0.1) is 5.92 Å². The zero-order chi connectivity index (χ0) is 28.9. The second-order valence-electron chi connectivity index (χ2n) is 11.0. The number of thiophene rings is 1. The molecule has 3 aromatic rings. The number of carbonyl (C=O) groups excluding carboxylic acids is 2. The van der Waals surface area contributed by atoms with Crippen molar-refractivity contribution >= 4 is 40.0 Å². The first-order chi connectivity index (χ1) is 19.1. The summed E-state index contributed by atoms with van der Waals surface area (Å²) in [4.78, 5) is 26.9. The van der Waals surface area contributed by atoms with Crippen LogP contribution in [0.2, 0.25) is 0 Å². The van der Waals surface area contributed by atoms with Crippen LogP contribution in [-0.2, 0) is 40.9 Å². The van der Waals surface area contributed by atoms with Crippen molar-refractivity contribution in [1.29, 1.82) is 0 Å². The van der Waals surface area contributed by atoms with Gasteiger partial charge in [-0.05, 0) is 60.8 Å². The molecule has 2 aromatic heterocycles. The van der Waals surface area contributed by atoms with Gasteiger partial charge in [0.2, 0.25) is 5.91 Å². The van der Waals surface area contributed by atoms with Crippen LogP contribution in [0.25, 0.3) is 0 Å². The van der Waals surface area contributed by atoms with E-state index in [2.05, 4.69) is 61.9 Å². The molecule has 2 heterocycles. The van der Waals surface area contributed by atoms with Gasteiger partial charge in [0.25, 0.3) is 0 Å². The van der Waals surface area contributed by atoms with Gasteiger partial charge in [-0.25, -0.2) is 4.79 Å². The van der Waals surface area contributed by atoms with Gasteiger partial charge in [-0.15, -0.1) is 28.1 Å². The second kappa shape index (κ2) is 13.0. The number of aromatic nitrogens is 3. The number of anilines is 1. The molecule has 1 aliphatic carbocycles. The average Bonchev–Trinajstić information content (AvgIpc) is 3.46. The Hall–Kier alpha value is -3.11. The summed E-state index contributed by atoms with van der Waals surface area (Å²) in [5, 5.41) is 12.7. The van der Waals surface area contributed by atoms with Crippen LogP contribution in [-0.4, -0.2) is 39.0 Å². The third-order valence-corrected chi connectivity index (χ3v) is 8.91. The van der Waals surface area contributed by atoms with Gasteiger partial charge in [-0.3, -0.25) is 9.36 Å². The van der Waals surface area contributed by atoms with E-state index in [9.17, 15) is 9.59 Å². The number of fused-ring (bicyclic) bond motifs is 1. The van der Waals surface area contributed by atoms with Gasteiger partial charge in [0.1, 0.15) is 17.4 Å². The number of esters is 1. The van der Waals surface area contributed by atoms with Crippen molar-refractivity contribution in [2.75, 3.05) is 17.7 Å². The number of carbonyl (C=O) groups is 2. The van der Waals surface area contributed by atoms with Crippen LogP contribution < -0.4 is 10.1 Å². The van der Waals surface area contributed by atoms with Crippen molar-refractivity contribution in [3.63, 3.8) is 0 Å². The highest BCUT2D eigenvalue weighted by Crippen LogP contribution is 2.40. The minimum atomic E-state index is -0.374. The summed E-state index contributed by atoms with van der Waals surface area (Å²) in [5.74, 6) is 1.48. The summed E-state index contributed by atoms with van der Waals surface area (Å²) >= 11 is 2.77. The molecule has 1 aromatic carbocycles. The minimum Gasteiger partial charge on any atom is -0.486 e. The topological polar surface area (TPSA) is 95.3 Å². The Morgan fingerprint density at radius 3 is 2.67 bits per heavy atom. The Morgan fingerprint density at radius 1 is 1.25 bits per heavy atom. The van der Waals surface area contributed by atoms with E-state index in [0.717, 1.165) is 35.5 Å². The molecule has 4 rings (SSSR count). The van der Waals surface area contributed by atoms with E-state index >= 15 is 0 Å². The average molecular weight is 583 g/mol. The van der Waals surface area contributed by atoms with Gasteiger partial charge in [0, 0.05) is 11.4 Å². The van der Waals surface area contributed by atoms with Crippen molar-refractivity contribution < 1.29 is 19.1 Å². The molecule has 0 radical (unpaired) electrons. The zero-order valence-corrected chi connectivity index (χ0v) is 25.5. The lowest BCUT2D eigenvalue weighted by Crippen LogP contribution is -2.18. The summed E-state index contributed by atoms with van der Waals surface area (Å²) in [6.45, 7) is 15.4. The molecule has 0 saturated heterocycles. The highest BCUT2D eigenvalue weighted by molar-refractivity contribution is 7.99. The number of rotatable bonds is 11. The normalized spacial score (nSPS) is 14.9. The van der Waals surface area contributed by atoms with Gasteiger partial charge >= 0.3 is 5.97 Å². The van der Waals surface area contributed by atoms with Gasteiger partial charge in [-0.1, -0.05) is 57.7 Å². The molecule has 1 N–H and O–H groups in total. The lowest BCUT2D eigenvalue weighted by Gasteiger charge is -2.19. The van der Waals surface area contributed by atoms with Gasteiger partial charge < -0.3 is 14.8 Å². The maximum atomic E-state index is 13.0. The number of nitrogens with one attached hydrogen (secondary N) is 1. The fourth-order valence-corrected chi connectivity index (χ4v) is 6.78. The number of ether oxygens (including phenoxy) is 2. The summed E-state index contributed by atoms with van der Waals surface area (Å²) in [5.41, 5.74) is 2.84. The number of amides is 1. The first kappa shape index (κ1) is 29.9. The van der Waals surface area contributed by atoms with E-state index in [1.165, 1.54) is 28.7 Å². The molecule has 8 nitrogen and oxygen atoms in total.